The van der Waals surface area contributed by atoms with Crippen molar-refractivity contribution in [1.29, 1.82) is 0 Å². The highest BCUT2D eigenvalue weighted by atomic mass is 16.7. The maximum absolute atomic E-state index is 11.8. The standard InChI is InChI=1S/C18H15NO4/c1-18(2)22-16(20)15(17(21)23-18)9-5-7-13-11-19-10-12-6-3-4-8-14(12)13/h3-11H,1-2H3. The van der Waals surface area contributed by atoms with E-state index in [1.54, 1.807) is 24.5 Å². The highest BCUT2D eigenvalue weighted by Gasteiger charge is 2.38. The molecule has 3 rings (SSSR count). The maximum atomic E-state index is 11.8. The van der Waals surface area contributed by atoms with Crippen LogP contribution in [0.5, 0.6) is 0 Å². The fourth-order valence-corrected chi connectivity index (χ4v) is 2.32. The average molecular weight is 309 g/mol. The number of allylic oxidation sites excluding steroid dienone is 2. The van der Waals surface area contributed by atoms with Crippen LogP contribution in [-0.2, 0) is 19.1 Å². The first-order valence-corrected chi connectivity index (χ1v) is 7.14. The first kappa shape index (κ1) is 15.0. The Kier molecular flexibility index (Phi) is 3.70. The molecular weight excluding hydrogens is 294 g/mol. The molecule has 116 valence electrons. The van der Waals surface area contributed by atoms with Gasteiger partial charge in [-0.1, -0.05) is 36.4 Å². The summed E-state index contributed by atoms with van der Waals surface area (Å²) >= 11 is 0. The van der Waals surface area contributed by atoms with E-state index in [-0.39, 0.29) is 5.57 Å². The van der Waals surface area contributed by atoms with Crippen molar-refractivity contribution in [3.8, 4) is 0 Å². The van der Waals surface area contributed by atoms with Crippen molar-refractivity contribution in [2.24, 2.45) is 0 Å². The summed E-state index contributed by atoms with van der Waals surface area (Å²) in [6.07, 6.45) is 8.28. The lowest BCUT2D eigenvalue weighted by atomic mass is 10.1. The maximum Gasteiger partial charge on any atom is 0.348 e. The van der Waals surface area contributed by atoms with Gasteiger partial charge in [0, 0.05) is 37.2 Å². The van der Waals surface area contributed by atoms with Crippen molar-refractivity contribution in [1.82, 2.24) is 4.98 Å². The lowest BCUT2D eigenvalue weighted by Crippen LogP contribution is -2.41. The van der Waals surface area contributed by atoms with E-state index in [0.29, 0.717) is 0 Å². The zero-order chi connectivity index (χ0) is 16.4. The number of benzene rings is 1. The van der Waals surface area contributed by atoms with Crippen molar-refractivity contribution in [3.05, 3.63) is 59.9 Å². The van der Waals surface area contributed by atoms with E-state index in [4.69, 9.17) is 9.47 Å². The zero-order valence-corrected chi connectivity index (χ0v) is 12.8. The highest BCUT2D eigenvalue weighted by molar-refractivity contribution is 6.15. The number of esters is 2. The smallest absolute Gasteiger partial charge is 0.348 e. The molecule has 1 fully saturated rings. The molecule has 2 aromatic rings. The first-order valence-electron chi connectivity index (χ1n) is 7.14. The number of hydrogen-bond acceptors (Lipinski definition) is 5. The van der Waals surface area contributed by atoms with Crippen LogP contribution < -0.4 is 0 Å². The molecule has 1 aliphatic rings. The van der Waals surface area contributed by atoms with Gasteiger partial charge in [0.25, 0.3) is 5.79 Å². The molecule has 5 nitrogen and oxygen atoms in total. The summed E-state index contributed by atoms with van der Waals surface area (Å²) in [5, 5.41) is 2.05. The number of carbonyl (C=O) groups is 2. The van der Waals surface area contributed by atoms with E-state index in [1.807, 2.05) is 24.3 Å². The number of ether oxygens (including phenoxy) is 2. The summed E-state index contributed by atoms with van der Waals surface area (Å²) in [6.45, 7) is 3.02. The van der Waals surface area contributed by atoms with Gasteiger partial charge in [-0.2, -0.15) is 0 Å². The van der Waals surface area contributed by atoms with Crippen LogP contribution in [0, 0.1) is 0 Å². The monoisotopic (exact) mass is 309 g/mol. The predicted molar refractivity (Wildman–Crippen MR) is 85.1 cm³/mol. The van der Waals surface area contributed by atoms with Crippen LogP contribution in [0.1, 0.15) is 19.4 Å². The Morgan fingerprint density at radius 3 is 2.48 bits per heavy atom. The quantitative estimate of drug-likeness (QED) is 0.485. The third-order valence-corrected chi connectivity index (χ3v) is 3.35. The summed E-state index contributed by atoms with van der Waals surface area (Å²) in [7, 11) is 0. The van der Waals surface area contributed by atoms with Gasteiger partial charge in [-0.15, -0.1) is 0 Å². The van der Waals surface area contributed by atoms with Gasteiger partial charge in [0.05, 0.1) is 0 Å². The minimum absolute atomic E-state index is 0.131. The van der Waals surface area contributed by atoms with Crippen LogP contribution in [0.2, 0.25) is 0 Å². The number of fused-ring (bicyclic) bond motifs is 1. The van der Waals surface area contributed by atoms with Gasteiger partial charge in [-0.3, -0.25) is 4.98 Å². The molecule has 23 heavy (non-hydrogen) atoms. The van der Waals surface area contributed by atoms with E-state index >= 15 is 0 Å². The van der Waals surface area contributed by atoms with Crippen LogP contribution >= 0.6 is 0 Å². The van der Waals surface area contributed by atoms with Gasteiger partial charge in [-0.25, -0.2) is 9.59 Å². The fourth-order valence-electron chi connectivity index (χ4n) is 2.32. The normalized spacial score (nSPS) is 17.2. The number of hydrogen-bond donors (Lipinski definition) is 0. The molecule has 0 bridgehead atoms. The molecule has 1 saturated heterocycles. The van der Waals surface area contributed by atoms with Crippen LogP contribution in [0.25, 0.3) is 16.8 Å². The van der Waals surface area contributed by atoms with Crippen LogP contribution in [0.3, 0.4) is 0 Å². The van der Waals surface area contributed by atoms with E-state index in [1.165, 1.54) is 19.9 Å². The second-order valence-electron chi connectivity index (χ2n) is 5.57. The van der Waals surface area contributed by atoms with E-state index in [2.05, 4.69) is 4.98 Å². The summed E-state index contributed by atoms with van der Waals surface area (Å²) in [4.78, 5) is 27.8. The molecule has 0 amide bonds. The molecule has 2 heterocycles. The molecule has 5 heteroatoms. The second kappa shape index (κ2) is 5.68. The molecule has 0 atom stereocenters. The van der Waals surface area contributed by atoms with Crippen molar-refractivity contribution in [2.45, 2.75) is 19.6 Å². The van der Waals surface area contributed by atoms with Crippen molar-refractivity contribution >= 4 is 28.8 Å². The van der Waals surface area contributed by atoms with Gasteiger partial charge in [0.2, 0.25) is 0 Å². The van der Waals surface area contributed by atoms with Gasteiger partial charge >= 0.3 is 11.9 Å². The van der Waals surface area contributed by atoms with Crippen molar-refractivity contribution in [3.63, 3.8) is 0 Å². The molecule has 1 aromatic heterocycles. The Labute approximate surface area is 133 Å². The number of pyridine rings is 1. The van der Waals surface area contributed by atoms with E-state index in [0.717, 1.165) is 16.3 Å². The Balaban J connectivity index is 1.88. The van der Waals surface area contributed by atoms with Gasteiger partial charge in [0.1, 0.15) is 5.57 Å². The largest absolute Gasteiger partial charge is 0.419 e. The molecular formula is C18H15NO4. The van der Waals surface area contributed by atoms with Crippen LogP contribution in [0.4, 0.5) is 0 Å². The van der Waals surface area contributed by atoms with Crippen molar-refractivity contribution < 1.29 is 19.1 Å². The molecule has 0 radical (unpaired) electrons. The predicted octanol–water partition coefficient (Wildman–Crippen LogP) is 3.01. The zero-order valence-electron chi connectivity index (χ0n) is 12.8. The number of carbonyl (C=O) groups excluding carboxylic acids is 2. The highest BCUT2D eigenvalue weighted by Crippen LogP contribution is 2.23. The minimum Gasteiger partial charge on any atom is -0.419 e. The van der Waals surface area contributed by atoms with Crippen LogP contribution in [-0.4, -0.2) is 22.7 Å². The fraction of sp³-hybridized carbons (Fsp3) is 0.167. The summed E-state index contributed by atoms with van der Waals surface area (Å²) < 4.78 is 10.1. The molecule has 0 spiro atoms. The third-order valence-electron chi connectivity index (χ3n) is 3.35. The molecule has 1 aromatic carbocycles. The molecule has 0 saturated carbocycles. The summed E-state index contributed by atoms with van der Waals surface area (Å²) in [5.41, 5.74) is 0.756. The lowest BCUT2D eigenvalue weighted by Gasteiger charge is -2.29. The Morgan fingerprint density at radius 2 is 1.74 bits per heavy atom. The van der Waals surface area contributed by atoms with Gasteiger partial charge < -0.3 is 9.47 Å². The summed E-state index contributed by atoms with van der Waals surface area (Å²) in [5.74, 6) is -2.60. The lowest BCUT2D eigenvalue weighted by molar-refractivity contribution is -0.222. The first-order chi connectivity index (χ1) is 11.0. The van der Waals surface area contributed by atoms with E-state index < -0.39 is 17.7 Å². The molecule has 1 aliphatic heterocycles. The van der Waals surface area contributed by atoms with Crippen LogP contribution in [0.15, 0.2) is 54.4 Å². The minimum atomic E-state index is -1.23. The van der Waals surface area contributed by atoms with Crippen molar-refractivity contribution in [2.75, 3.05) is 0 Å². The van der Waals surface area contributed by atoms with Gasteiger partial charge in [0.15, 0.2) is 0 Å². The third kappa shape index (κ3) is 3.13. The SMILES string of the molecule is CC1(C)OC(=O)C(=CC=Cc2cncc3ccccc23)C(=O)O1. The molecule has 0 aliphatic carbocycles. The number of cyclic esters (lactones) is 2. The Morgan fingerprint density at radius 1 is 1.04 bits per heavy atom. The van der Waals surface area contributed by atoms with Gasteiger partial charge in [-0.05, 0) is 11.5 Å². The number of nitrogens with zero attached hydrogens (tertiary/aromatic N) is 1. The summed E-state index contributed by atoms with van der Waals surface area (Å²) in [6, 6.07) is 7.83. The molecule has 0 unspecified atom stereocenters. The topological polar surface area (TPSA) is 65.5 Å². The Hall–Kier alpha value is -2.95. The average Bonchev–Trinajstić information content (AvgIpc) is 2.49. The number of rotatable bonds is 2. The number of aromatic nitrogens is 1. The Bertz CT molecular complexity index is 822. The van der Waals surface area contributed by atoms with E-state index in [9.17, 15) is 9.59 Å². The second-order valence-corrected chi connectivity index (χ2v) is 5.57. The molecule has 0 N–H and O–H groups in total.